The van der Waals surface area contributed by atoms with Crippen molar-refractivity contribution < 1.29 is 19.4 Å². The van der Waals surface area contributed by atoms with Crippen molar-refractivity contribution in [3.05, 3.63) is 60.4 Å². The van der Waals surface area contributed by atoms with Crippen LogP contribution in [-0.2, 0) is 17.8 Å². The number of aromatic nitrogens is 2. The Morgan fingerprint density at radius 3 is 2.62 bits per heavy atom. The van der Waals surface area contributed by atoms with Gasteiger partial charge in [0.1, 0.15) is 17.2 Å². The average Bonchev–Trinajstić information content (AvgIpc) is 3.15. The van der Waals surface area contributed by atoms with E-state index in [0.717, 1.165) is 24.1 Å². The molecular weight excluding hydrogens is 368 g/mol. The summed E-state index contributed by atoms with van der Waals surface area (Å²) < 4.78 is 13.2. The van der Waals surface area contributed by atoms with E-state index in [4.69, 9.17) is 14.6 Å². The smallest absolute Gasteiger partial charge is 0.307 e. The maximum absolute atomic E-state index is 11.0. The van der Waals surface area contributed by atoms with Gasteiger partial charge in [0.25, 0.3) is 0 Å². The number of carboxylic acid groups (broad SMARTS) is 1. The summed E-state index contributed by atoms with van der Waals surface area (Å²) in [6.07, 6.45) is 4.88. The second-order valence-electron chi connectivity index (χ2n) is 7.39. The van der Waals surface area contributed by atoms with Crippen LogP contribution in [0.3, 0.4) is 0 Å². The second-order valence-corrected chi connectivity index (χ2v) is 7.39. The Bertz CT molecular complexity index is 979. The number of nitrogens with zero attached hydrogens (tertiary/aromatic N) is 2. The van der Waals surface area contributed by atoms with Gasteiger partial charge in [-0.1, -0.05) is 26.0 Å². The van der Waals surface area contributed by atoms with Gasteiger partial charge in [-0.3, -0.25) is 9.48 Å². The second kappa shape index (κ2) is 9.28. The Morgan fingerprint density at radius 1 is 1.10 bits per heavy atom. The minimum Gasteiger partial charge on any atom is -0.497 e. The largest absolute Gasteiger partial charge is 0.497 e. The minimum absolute atomic E-state index is 0.0941. The van der Waals surface area contributed by atoms with Crippen LogP contribution in [0.25, 0.3) is 11.1 Å². The monoisotopic (exact) mass is 394 g/mol. The zero-order valence-electron chi connectivity index (χ0n) is 17.0. The fourth-order valence-electron chi connectivity index (χ4n) is 2.98. The van der Waals surface area contributed by atoms with E-state index in [9.17, 15) is 4.79 Å². The van der Waals surface area contributed by atoms with Gasteiger partial charge in [0, 0.05) is 24.4 Å². The third kappa shape index (κ3) is 5.85. The number of aliphatic carboxylic acids is 1. The average molecular weight is 394 g/mol. The number of hydrogen-bond donors (Lipinski definition) is 1. The predicted octanol–water partition coefficient (Wildman–Crippen LogP) is 5.02. The van der Waals surface area contributed by atoms with Crippen molar-refractivity contribution in [2.75, 3.05) is 7.11 Å². The van der Waals surface area contributed by atoms with E-state index in [2.05, 4.69) is 18.9 Å². The maximum atomic E-state index is 11.0. The lowest BCUT2D eigenvalue weighted by atomic mass is 10.1. The first-order valence-electron chi connectivity index (χ1n) is 9.63. The molecule has 0 unspecified atom stereocenters. The maximum Gasteiger partial charge on any atom is 0.307 e. The van der Waals surface area contributed by atoms with Gasteiger partial charge in [0.05, 0.1) is 19.7 Å². The van der Waals surface area contributed by atoms with Crippen molar-refractivity contribution in [1.82, 2.24) is 9.78 Å². The Labute approximate surface area is 170 Å². The van der Waals surface area contributed by atoms with Crippen LogP contribution in [0, 0.1) is 5.92 Å². The molecule has 0 atom stereocenters. The molecule has 3 aromatic rings. The van der Waals surface area contributed by atoms with Gasteiger partial charge >= 0.3 is 5.97 Å². The zero-order valence-corrected chi connectivity index (χ0v) is 17.0. The van der Waals surface area contributed by atoms with Crippen LogP contribution in [0.4, 0.5) is 0 Å². The molecule has 1 aromatic heterocycles. The molecule has 1 N–H and O–H groups in total. The quantitative estimate of drug-likeness (QED) is 0.551. The van der Waals surface area contributed by atoms with Gasteiger partial charge in [0.2, 0.25) is 0 Å². The third-order valence-electron chi connectivity index (χ3n) is 4.50. The van der Waals surface area contributed by atoms with Crippen molar-refractivity contribution >= 4 is 5.97 Å². The predicted molar refractivity (Wildman–Crippen MR) is 112 cm³/mol. The van der Waals surface area contributed by atoms with E-state index in [1.807, 2.05) is 41.3 Å². The highest BCUT2D eigenvalue weighted by molar-refractivity contribution is 5.70. The molecule has 0 aliphatic carbocycles. The molecule has 0 radical (unpaired) electrons. The number of carboxylic acids is 1. The number of methoxy groups -OCH3 is 1. The summed E-state index contributed by atoms with van der Waals surface area (Å²) in [5.74, 6) is 1.48. The SMILES string of the molecule is COc1cc(CC(=O)O)cc(Oc2cccc(-c3cnn(CCC(C)C)c3)c2)c1. The number of benzene rings is 2. The fourth-order valence-corrected chi connectivity index (χ4v) is 2.98. The molecule has 152 valence electrons. The summed E-state index contributed by atoms with van der Waals surface area (Å²) in [7, 11) is 1.54. The Hall–Kier alpha value is -3.28. The molecule has 6 nitrogen and oxygen atoms in total. The lowest BCUT2D eigenvalue weighted by molar-refractivity contribution is -0.136. The zero-order chi connectivity index (χ0) is 20.8. The summed E-state index contributed by atoms with van der Waals surface area (Å²) in [6.45, 7) is 5.29. The van der Waals surface area contributed by atoms with E-state index in [1.54, 1.807) is 25.3 Å². The molecule has 0 saturated carbocycles. The van der Waals surface area contributed by atoms with Gasteiger partial charge in [-0.15, -0.1) is 0 Å². The number of rotatable bonds is 9. The van der Waals surface area contributed by atoms with E-state index in [-0.39, 0.29) is 6.42 Å². The number of aryl methyl sites for hydroxylation is 1. The van der Waals surface area contributed by atoms with Crippen LogP contribution < -0.4 is 9.47 Å². The van der Waals surface area contributed by atoms with E-state index in [0.29, 0.717) is 28.7 Å². The van der Waals surface area contributed by atoms with Gasteiger partial charge in [-0.25, -0.2) is 0 Å². The number of carbonyl (C=O) groups is 1. The third-order valence-corrected chi connectivity index (χ3v) is 4.50. The number of ether oxygens (including phenoxy) is 2. The molecule has 3 rings (SSSR count). The highest BCUT2D eigenvalue weighted by Crippen LogP contribution is 2.30. The lowest BCUT2D eigenvalue weighted by Gasteiger charge is -2.10. The van der Waals surface area contributed by atoms with E-state index >= 15 is 0 Å². The molecule has 6 heteroatoms. The molecule has 2 aromatic carbocycles. The summed E-state index contributed by atoms with van der Waals surface area (Å²) >= 11 is 0. The summed E-state index contributed by atoms with van der Waals surface area (Å²) in [5, 5.41) is 13.5. The van der Waals surface area contributed by atoms with Crippen molar-refractivity contribution in [1.29, 1.82) is 0 Å². The van der Waals surface area contributed by atoms with E-state index < -0.39 is 5.97 Å². The molecule has 29 heavy (non-hydrogen) atoms. The first kappa shape index (κ1) is 20.5. The molecule has 0 aliphatic rings. The van der Waals surface area contributed by atoms with Crippen LogP contribution in [-0.4, -0.2) is 28.0 Å². The summed E-state index contributed by atoms with van der Waals surface area (Å²) in [6, 6.07) is 12.9. The number of hydrogen-bond acceptors (Lipinski definition) is 4. The summed E-state index contributed by atoms with van der Waals surface area (Å²) in [4.78, 5) is 11.0. The normalized spacial score (nSPS) is 10.9. The van der Waals surface area contributed by atoms with Gasteiger partial charge in [0.15, 0.2) is 0 Å². The van der Waals surface area contributed by atoms with Crippen molar-refractivity contribution in [2.24, 2.45) is 5.92 Å². The van der Waals surface area contributed by atoms with Crippen LogP contribution in [0.15, 0.2) is 54.9 Å². The lowest BCUT2D eigenvalue weighted by Crippen LogP contribution is -2.01. The van der Waals surface area contributed by atoms with Crippen LogP contribution in [0.1, 0.15) is 25.8 Å². The van der Waals surface area contributed by atoms with E-state index in [1.165, 1.54) is 0 Å². The molecule has 0 aliphatic heterocycles. The highest BCUT2D eigenvalue weighted by atomic mass is 16.5. The van der Waals surface area contributed by atoms with Crippen LogP contribution in [0.5, 0.6) is 17.2 Å². The summed E-state index contributed by atoms with van der Waals surface area (Å²) in [5.41, 5.74) is 2.65. The topological polar surface area (TPSA) is 73.6 Å². The van der Waals surface area contributed by atoms with Gasteiger partial charge in [-0.05, 0) is 47.7 Å². The Balaban J connectivity index is 1.79. The highest BCUT2D eigenvalue weighted by Gasteiger charge is 2.09. The molecular formula is C23H26N2O4. The Kier molecular flexibility index (Phi) is 6.54. The van der Waals surface area contributed by atoms with Crippen LogP contribution >= 0.6 is 0 Å². The molecule has 1 heterocycles. The van der Waals surface area contributed by atoms with Crippen LogP contribution in [0.2, 0.25) is 0 Å². The molecule has 0 spiro atoms. The molecule has 0 fully saturated rings. The Morgan fingerprint density at radius 2 is 1.90 bits per heavy atom. The van der Waals surface area contributed by atoms with Crippen molar-refractivity contribution in [3.63, 3.8) is 0 Å². The molecule has 0 saturated heterocycles. The van der Waals surface area contributed by atoms with Crippen molar-refractivity contribution in [3.8, 4) is 28.4 Å². The van der Waals surface area contributed by atoms with Gasteiger partial charge < -0.3 is 14.6 Å². The van der Waals surface area contributed by atoms with Crippen molar-refractivity contribution in [2.45, 2.75) is 33.2 Å². The minimum atomic E-state index is -0.902. The first-order chi connectivity index (χ1) is 13.9. The molecule has 0 amide bonds. The standard InChI is InChI=1S/C23H26N2O4/c1-16(2)7-8-25-15-19(14-24-25)18-5-4-6-20(12-18)29-22-10-17(11-23(26)27)9-21(13-22)28-3/h4-6,9-10,12-16H,7-8,11H2,1-3H3,(H,26,27). The van der Waals surface area contributed by atoms with Gasteiger partial charge in [-0.2, -0.15) is 5.10 Å². The first-order valence-corrected chi connectivity index (χ1v) is 9.63. The fraction of sp³-hybridized carbons (Fsp3) is 0.304. The molecule has 0 bridgehead atoms.